The number of halogens is 2. The first-order chi connectivity index (χ1) is 15.0. The predicted octanol–water partition coefficient (Wildman–Crippen LogP) is 4.18. The lowest BCUT2D eigenvalue weighted by atomic mass is 9.80. The third-order valence-electron chi connectivity index (χ3n) is 5.80. The molecule has 2 saturated carbocycles. The van der Waals surface area contributed by atoms with Gasteiger partial charge in [-0.25, -0.2) is 0 Å². The number of hydrogen-bond acceptors (Lipinski definition) is 6. The van der Waals surface area contributed by atoms with E-state index in [0.29, 0.717) is 39.2 Å². The summed E-state index contributed by atoms with van der Waals surface area (Å²) in [7, 11) is 0. The molecule has 9 heteroatoms. The van der Waals surface area contributed by atoms with E-state index < -0.39 is 0 Å². The first-order valence-electron chi connectivity index (χ1n) is 9.91. The Labute approximate surface area is 188 Å². The molecule has 2 fully saturated rings. The number of carbonyl (C=O) groups is 1. The van der Waals surface area contributed by atoms with E-state index in [9.17, 15) is 4.79 Å². The van der Waals surface area contributed by atoms with Crippen LogP contribution in [-0.2, 0) is 16.8 Å². The lowest BCUT2D eigenvalue weighted by Gasteiger charge is -2.32. The molecule has 31 heavy (non-hydrogen) atoms. The van der Waals surface area contributed by atoms with Crippen LogP contribution in [0, 0.1) is 5.92 Å². The van der Waals surface area contributed by atoms with Crippen LogP contribution >= 0.6 is 23.2 Å². The van der Waals surface area contributed by atoms with Gasteiger partial charge in [0.05, 0.1) is 5.41 Å². The monoisotopic (exact) mass is 459 g/mol. The quantitative estimate of drug-likeness (QED) is 0.543. The van der Waals surface area contributed by atoms with Crippen LogP contribution < -0.4 is 14.8 Å². The molecule has 5 rings (SSSR count). The Morgan fingerprint density at radius 3 is 2.29 bits per heavy atom. The molecule has 2 aliphatic carbocycles. The molecule has 2 aromatic carbocycles. The minimum atomic E-state index is -0.150. The van der Waals surface area contributed by atoms with E-state index in [1.807, 2.05) is 0 Å². The molecule has 1 N–H and O–H groups in total. The van der Waals surface area contributed by atoms with Crippen molar-refractivity contribution in [2.24, 2.45) is 5.92 Å². The molecule has 1 amide bonds. The van der Waals surface area contributed by atoms with E-state index in [1.54, 1.807) is 48.5 Å². The van der Waals surface area contributed by atoms with Crippen molar-refractivity contribution in [3.63, 3.8) is 0 Å². The maximum absolute atomic E-state index is 12.2. The fraction of sp³-hybridized carbons (Fsp3) is 0.318. The smallest absolute Gasteiger partial charge is 0.258 e. The van der Waals surface area contributed by atoms with E-state index in [0.717, 1.165) is 12.8 Å². The van der Waals surface area contributed by atoms with Crippen molar-refractivity contribution in [2.75, 3.05) is 6.61 Å². The highest BCUT2D eigenvalue weighted by Crippen LogP contribution is 2.67. The van der Waals surface area contributed by atoms with Crippen LogP contribution in [0.25, 0.3) is 0 Å². The average molecular weight is 460 g/mol. The molecule has 0 saturated heterocycles. The summed E-state index contributed by atoms with van der Waals surface area (Å²) >= 11 is 11.7. The molecule has 3 atom stereocenters. The van der Waals surface area contributed by atoms with Crippen molar-refractivity contribution in [2.45, 2.75) is 30.9 Å². The van der Waals surface area contributed by atoms with Crippen molar-refractivity contribution in [3.8, 4) is 11.5 Å². The van der Waals surface area contributed by atoms with Gasteiger partial charge in [-0.15, -0.1) is 10.2 Å². The third-order valence-corrected chi connectivity index (χ3v) is 6.31. The lowest BCUT2D eigenvalue weighted by molar-refractivity contribution is -0.124. The summed E-state index contributed by atoms with van der Waals surface area (Å²) < 4.78 is 17.0. The zero-order valence-electron chi connectivity index (χ0n) is 16.4. The Bertz CT molecular complexity index is 1090. The number of hydrogen-bond donors (Lipinski definition) is 1. The Balaban J connectivity index is 1.09. The number of ether oxygens (including phenoxy) is 2. The number of benzene rings is 2. The summed E-state index contributed by atoms with van der Waals surface area (Å²) in [5.74, 6) is 2.50. The lowest BCUT2D eigenvalue weighted by Crippen LogP contribution is -2.48. The largest absolute Gasteiger partial charge is 0.484 e. The Hall–Kier alpha value is -2.77. The van der Waals surface area contributed by atoms with E-state index >= 15 is 0 Å². The van der Waals surface area contributed by atoms with Crippen LogP contribution in [0.4, 0.5) is 0 Å². The molecular weight excluding hydrogens is 441 g/mol. The van der Waals surface area contributed by atoms with Crippen LogP contribution in [0.3, 0.4) is 0 Å². The predicted molar refractivity (Wildman–Crippen MR) is 113 cm³/mol. The molecule has 1 heterocycles. The number of fused-ring (bicyclic) bond motifs is 1. The topological polar surface area (TPSA) is 86.5 Å². The molecule has 0 radical (unpaired) electrons. The van der Waals surface area contributed by atoms with Crippen LogP contribution in [0.2, 0.25) is 10.0 Å². The fourth-order valence-corrected chi connectivity index (χ4v) is 4.32. The third kappa shape index (κ3) is 4.20. The summed E-state index contributed by atoms with van der Waals surface area (Å²) in [6.07, 6.45) is 1.71. The zero-order chi connectivity index (χ0) is 21.4. The average Bonchev–Trinajstić information content (AvgIpc) is 3.12. The Kier molecular flexibility index (Phi) is 5.24. The second-order valence-corrected chi connectivity index (χ2v) is 8.70. The van der Waals surface area contributed by atoms with Gasteiger partial charge in [0.1, 0.15) is 11.5 Å². The van der Waals surface area contributed by atoms with Crippen LogP contribution in [0.15, 0.2) is 52.9 Å². The standard InChI is InChI=1S/C22H19Cl2N3O4/c23-13-1-5-15(6-2-13)29-11-19(28)25-18-10-22(9-17(18)22)21-27-26-20(31-21)12-30-16-7-3-14(24)4-8-16/h1-8,17-18H,9-12H2,(H,25,28). The highest BCUT2D eigenvalue weighted by Gasteiger charge is 2.71. The number of aromatic nitrogens is 2. The molecular formula is C22H19Cl2N3O4. The second-order valence-electron chi connectivity index (χ2n) is 7.83. The fourth-order valence-electron chi connectivity index (χ4n) is 4.07. The van der Waals surface area contributed by atoms with Crippen molar-refractivity contribution in [3.05, 3.63) is 70.4 Å². The molecule has 7 nitrogen and oxygen atoms in total. The minimum Gasteiger partial charge on any atom is -0.484 e. The number of carbonyl (C=O) groups excluding carboxylic acids is 1. The van der Waals surface area contributed by atoms with Gasteiger partial charge < -0.3 is 19.2 Å². The summed E-state index contributed by atoms with van der Waals surface area (Å²) in [6.45, 7) is 0.155. The number of amides is 1. The van der Waals surface area contributed by atoms with E-state index in [2.05, 4.69) is 15.5 Å². The van der Waals surface area contributed by atoms with Gasteiger partial charge in [-0.1, -0.05) is 23.2 Å². The highest BCUT2D eigenvalue weighted by molar-refractivity contribution is 6.30. The van der Waals surface area contributed by atoms with E-state index in [1.165, 1.54) is 0 Å². The highest BCUT2D eigenvalue weighted by atomic mass is 35.5. The van der Waals surface area contributed by atoms with Crippen LogP contribution in [0.1, 0.15) is 24.6 Å². The molecule has 0 spiro atoms. The van der Waals surface area contributed by atoms with Crippen LogP contribution in [-0.4, -0.2) is 28.8 Å². The number of nitrogens with one attached hydrogen (secondary N) is 1. The molecule has 3 aromatic rings. The Morgan fingerprint density at radius 2 is 1.65 bits per heavy atom. The van der Waals surface area contributed by atoms with Gasteiger partial charge >= 0.3 is 0 Å². The van der Waals surface area contributed by atoms with Crippen molar-refractivity contribution in [1.82, 2.24) is 15.5 Å². The number of nitrogens with zero attached hydrogens (tertiary/aromatic N) is 2. The van der Waals surface area contributed by atoms with Crippen molar-refractivity contribution >= 4 is 29.1 Å². The molecule has 0 bridgehead atoms. The van der Waals surface area contributed by atoms with E-state index in [-0.39, 0.29) is 30.6 Å². The van der Waals surface area contributed by atoms with Crippen molar-refractivity contribution < 1.29 is 18.7 Å². The van der Waals surface area contributed by atoms with E-state index in [4.69, 9.17) is 37.1 Å². The maximum atomic E-state index is 12.2. The van der Waals surface area contributed by atoms with Gasteiger partial charge in [0.25, 0.3) is 11.8 Å². The summed E-state index contributed by atoms with van der Waals surface area (Å²) in [6, 6.07) is 14.1. The van der Waals surface area contributed by atoms with Gasteiger partial charge in [-0.3, -0.25) is 4.79 Å². The Morgan fingerprint density at radius 1 is 1.00 bits per heavy atom. The van der Waals surface area contributed by atoms with Gasteiger partial charge in [-0.2, -0.15) is 0 Å². The number of rotatable bonds is 8. The second kappa shape index (κ2) is 8.05. The summed E-state index contributed by atoms with van der Waals surface area (Å²) in [4.78, 5) is 12.2. The van der Waals surface area contributed by atoms with Gasteiger partial charge in [0, 0.05) is 16.1 Å². The molecule has 160 valence electrons. The normalized spacial score (nSPS) is 23.4. The zero-order valence-corrected chi connectivity index (χ0v) is 17.9. The molecule has 3 unspecified atom stereocenters. The first-order valence-corrected chi connectivity index (χ1v) is 10.7. The van der Waals surface area contributed by atoms with Crippen LogP contribution in [0.5, 0.6) is 11.5 Å². The molecule has 0 aliphatic heterocycles. The van der Waals surface area contributed by atoms with Gasteiger partial charge in [0.2, 0.25) is 5.89 Å². The first kappa shape index (κ1) is 20.2. The van der Waals surface area contributed by atoms with Crippen molar-refractivity contribution in [1.29, 1.82) is 0 Å². The maximum Gasteiger partial charge on any atom is 0.258 e. The van der Waals surface area contributed by atoms with Gasteiger partial charge in [0.15, 0.2) is 13.2 Å². The minimum absolute atomic E-state index is 0.0371. The molecule has 2 aliphatic rings. The summed E-state index contributed by atoms with van der Waals surface area (Å²) in [5.41, 5.74) is -0.111. The molecule has 1 aromatic heterocycles. The SMILES string of the molecule is O=C(COc1ccc(Cl)cc1)NC1CC2(c3nnc(COc4ccc(Cl)cc4)o3)CC12. The summed E-state index contributed by atoms with van der Waals surface area (Å²) in [5, 5.41) is 12.6. The van der Waals surface area contributed by atoms with Gasteiger partial charge in [-0.05, 0) is 67.3 Å².